The predicted molar refractivity (Wildman–Crippen MR) is 89.2 cm³/mol. The molecule has 0 saturated carbocycles. The van der Waals surface area contributed by atoms with Crippen LogP contribution in [-0.4, -0.2) is 26.1 Å². The quantitative estimate of drug-likeness (QED) is 0.872. The van der Waals surface area contributed by atoms with Crippen LogP contribution in [0.25, 0.3) is 0 Å². The molecule has 2 aromatic rings. The Balaban J connectivity index is 1.95. The van der Waals surface area contributed by atoms with Gasteiger partial charge in [0.05, 0.1) is 12.1 Å². The third-order valence-corrected chi connectivity index (χ3v) is 3.46. The average molecular weight is 305 g/mol. The molecule has 21 heavy (non-hydrogen) atoms. The molecule has 0 bridgehead atoms. The lowest BCUT2D eigenvalue weighted by Gasteiger charge is -2.11. The SMILES string of the molecule is COc1ccc(CNc2ccc(CN(C)C)cc2)cc1Cl. The van der Waals surface area contributed by atoms with Gasteiger partial charge in [0.25, 0.3) is 0 Å². The van der Waals surface area contributed by atoms with Gasteiger partial charge in [-0.1, -0.05) is 29.8 Å². The fourth-order valence-electron chi connectivity index (χ4n) is 2.12. The van der Waals surface area contributed by atoms with E-state index in [9.17, 15) is 0 Å². The Morgan fingerprint density at radius 1 is 1.05 bits per heavy atom. The standard InChI is InChI=1S/C17H21ClN2O/c1-20(2)12-13-4-7-15(8-5-13)19-11-14-6-9-17(21-3)16(18)10-14/h4-10,19H,11-12H2,1-3H3. The molecule has 0 aliphatic heterocycles. The largest absolute Gasteiger partial charge is 0.495 e. The van der Waals surface area contributed by atoms with E-state index in [0.717, 1.165) is 24.3 Å². The Hall–Kier alpha value is -1.71. The third-order valence-electron chi connectivity index (χ3n) is 3.17. The van der Waals surface area contributed by atoms with Crippen LogP contribution in [0.5, 0.6) is 5.75 Å². The van der Waals surface area contributed by atoms with Gasteiger partial charge in [-0.3, -0.25) is 0 Å². The Morgan fingerprint density at radius 3 is 2.29 bits per heavy atom. The van der Waals surface area contributed by atoms with E-state index in [4.69, 9.17) is 16.3 Å². The molecule has 4 heteroatoms. The summed E-state index contributed by atoms with van der Waals surface area (Å²) in [6, 6.07) is 14.3. The van der Waals surface area contributed by atoms with Crippen molar-refractivity contribution in [1.29, 1.82) is 0 Å². The highest BCUT2D eigenvalue weighted by Crippen LogP contribution is 2.25. The van der Waals surface area contributed by atoms with Gasteiger partial charge in [0.1, 0.15) is 5.75 Å². The first-order valence-corrected chi connectivity index (χ1v) is 7.26. The lowest BCUT2D eigenvalue weighted by Crippen LogP contribution is -2.10. The minimum atomic E-state index is 0.637. The summed E-state index contributed by atoms with van der Waals surface area (Å²) in [5.74, 6) is 0.702. The summed E-state index contributed by atoms with van der Waals surface area (Å²) < 4.78 is 5.15. The third kappa shape index (κ3) is 4.66. The number of methoxy groups -OCH3 is 1. The zero-order chi connectivity index (χ0) is 15.2. The summed E-state index contributed by atoms with van der Waals surface area (Å²) >= 11 is 6.12. The Labute approximate surface area is 131 Å². The maximum atomic E-state index is 6.12. The maximum Gasteiger partial charge on any atom is 0.137 e. The van der Waals surface area contributed by atoms with Gasteiger partial charge in [0.2, 0.25) is 0 Å². The minimum absolute atomic E-state index is 0.637. The summed E-state index contributed by atoms with van der Waals surface area (Å²) in [7, 11) is 5.76. The molecule has 0 unspecified atom stereocenters. The van der Waals surface area contributed by atoms with E-state index in [0.29, 0.717) is 10.8 Å². The number of benzene rings is 2. The van der Waals surface area contributed by atoms with Gasteiger partial charge in [-0.25, -0.2) is 0 Å². The van der Waals surface area contributed by atoms with Crippen LogP contribution >= 0.6 is 11.6 Å². The molecular formula is C17H21ClN2O. The summed E-state index contributed by atoms with van der Waals surface area (Å²) in [5.41, 5.74) is 3.53. The number of hydrogen-bond donors (Lipinski definition) is 1. The number of nitrogens with zero attached hydrogens (tertiary/aromatic N) is 1. The number of nitrogens with one attached hydrogen (secondary N) is 1. The van der Waals surface area contributed by atoms with Crippen molar-refractivity contribution in [3.63, 3.8) is 0 Å². The molecule has 0 radical (unpaired) electrons. The monoisotopic (exact) mass is 304 g/mol. The molecule has 0 atom stereocenters. The summed E-state index contributed by atoms with van der Waals surface area (Å²) in [6.45, 7) is 1.69. The first-order chi connectivity index (χ1) is 10.1. The molecule has 2 rings (SSSR count). The average Bonchev–Trinajstić information content (AvgIpc) is 2.46. The van der Waals surface area contributed by atoms with Crippen molar-refractivity contribution in [2.75, 3.05) is 26.5 Å². The topological polar surface area (TPSA) is 24.5 Å². The predicted octanol–water partition coefficient (Wildman–Crippen LogP) is 4.02. The zero-order valence-electron chi connectivity index (χ0n) is 12.7. The van der Waals surface area contributed by atoms with Crippen LogP contribution in [0.3, 0.4) is 0 Å². The van der Waals surface area contributed by atoms with Crippen molar-refractivity contribution in [1.82, 2.24) is 4.90 Å². The van der Waals surface area contributed by atoms with Crippen LogP contribution in [0.15, 0.2) is 42.5 Å². The highest BCUT2D eigenvalue weighted by molar-refractivity contribution is 6.32. The van der Waals surface area contributed by atoms with E-state index in [1.807, 2.05) is 18.2 Å². The summed E-state index contributed by atoms with van der Waals surface area (Å²) in [6.07, 6.45) is 0. The molecule has 0 aliphatic carbocycles. The number of halogens is 1. The first kappa shape index (κ1) is 15.7. The molecule has 0 saturated heterocycles. The molecular weight excluding hydrogens is 284 g/mol. The minimum Gasteiger partial charge on any atom is -0.495 e. The van der Waals surface area contributed by atoms with Crippen LogP contribution in [0, 0.1) is 0 Å². The lowest BCUT2D eigenvalue weighted by atomic mass is 10.2. The first-order valence-electron chi connectivity index (χ1n) is 6.88. The highest BCUT2D eigenvalue weighted by atomic mass is 35.5. The summed E-state index contributed by atoms with van der Waals surface area (Å²) in [4.78, 5) is 2.15. The molecule has 0 aliphatic rings. The zero-order valence-corrected chi connectivity index (χ0v) is 13.4. The van der Waals surface area contributed by atoms with E-state index in [2.05, 4.69) is 48.6 Å². The van der Waals surface area contributed by atoms with Gasteiger partial charge in [0.15, 0.2) is 0 Å². The van der Waals surface area contributed by atoms with Crippen molar-refractivity contribution < 1.29 is 4.74 Å². The molecule has 0 fully saturated rings. The normalized spacial score (nSPS) is 10.7. The molecule has 0 amide bonds. The van der Waals surface area contributed by atoms with Crippen LogP contribution in [0.4, 0.5) is 5.69 Å². The van der Waals surface area contributed by atoms with Crippen molar-refractivity contribution in [3.05, 3.63) is 58.6 Å². The van der Waals surface area contributed by atoms with Crippen molar-refractivity contribution in [2.45, 2.75) is 13.1 Å². The molecule has 112 valence electrons. The van der Waals surface area contributed by atoms with Crippen LogP contribution in [-0.2, 0) is 13.1 Å². The Bertz CT molecular complexity index is 582. The second-order valence-electron chi connectivity index (χ2n) is 5.26. The molecule has 1 N–H and O–H groups in total. The Morgan fingerprint density at radius 2 is 1.71 bits per heavy atom. The number of rotatable bonds is 6. The second kappa shape index (κ2) is 7.34. The smallest absolute Gasteiger partial charge is 0.137 e. The molecule has 0 heterocycles. The summed E-state index contributed by atoms with van der Waals surface area (Å²) in [5, 5.41) is 4.03. The molecule has 0 spiro atoms. The second-order valence-corrected chi connectivity index (χ2v) is 5.66. The molecule has 0 aromatic heterocycles. The van der Waals surface area contributed by atoms with E-state index < -0.39 is 0 Å². The molecule has 2 aromatic carbocycles. The lowest BCUT2D eigenvalue weighted by molar-refractivity contribution is 0.402. The number of hydrogen-bond acceptors (Lipinski definition) is 3. The van der Waals surface area contributed by atoms with Gasteiger partial charge in [-0.15, -0.1) is 0 Å². The van der Waals surface area contributed by atoms with Gasteiger partial charge < -0.3 is 15.0 Å². The van der Waals surface area contributed by atoms with Gasteiger partial charge in [-0.2, -0.15) is 0 Å². The fraction of sp³-hybridized carbons (Fsp3) is 0.294. The fourth-order valence-corrected chi connectivity index (χ4v) is 2.40. The number of ether oxygens (including phenoxy) is 1. The van der Waals surface area contributed by atoms with Gasteiger partial charge in [-0.05, 0) is 49.5 Å². The van der Waals surface area contributed by atoms with Crippen LogP contribution in [0.1, 0.15) is 11.1 Å². The van der Waals surface area contributed by atoms with E-state index >= 15 is 0 Å². The maximum absolute atomic E-state index is 6.12. The van der Waals surface area contributed by atoms with Crippen LogP contribution in [0.2, 0.25) is 5.02 Å². The highest BCUT2D eigenvalue weighted by Gasteiger charge is 2.02. The van der Waals surface area contributed by atoms with E-state index in [1.165, 1.54) is 5.56 Å². The van der Waals surface area contributed by atoms with E-state index in [1.54, 1.807) is 7.11 Å². The Kier molecular flexibility index (Phi) is 5.48. The van der Waals surface area contributed by atoms with E-state index in [-0.39, 0.29) is 0 Å². The molecule has 3 nitrogen and oxygen atoms in total. The van der Waals surface area contributed by atoms with Crippen molar-refractivity contribution in [2.24, 2.45) is 0 Å². The number of anilines is 1. The van der Waals surface area contributed by atoms with Gasteiger partial charge >= 0.3 is 0 Å². The van der Waals surface area contributed by atoms with Crippen molar-refractivity contribution in [3.8, 4) is 5.75 Å². The van der Waals surface area contributed by atoms with Crippen LogP contribution < -0.4 is 10.1 Å². The van der Waals surface area contributed by atoms with Gasteiger partial charge in [0, 0.05) is 18.8 Å². The van der Waals surface area contributed by atoms with Crippen molar-refractivity contribution >= 4 is 17.3 Å².